The molecule has 1 aliphatic rings. The number of thiophene rings is 1. The molecule has 1 aromatic carbocycles. The highest BCUT2D eigenvalue weighted by Gasteiger charge is 2.32. The third-order valence-corrected chi connectivity index (χ3v) is 5.51. The SMILES string of the molecule is O=C(CCn1[nH]c(=O)c2ccccc2c1=O)N(Cc1cccs1)C1CC1. The molecule has 26 heavy (non-hydrogen) atoms. The van der Waals surface area contributed by atoms with Crippen molar-refractivity contribution in [2.45, 2.75) is 38.4 Å². The number of nitrogens with one attached hydrogen (secondary N) is 1. The monoisotopic (exact) mass is 369 g/mol. The Kier molecular flexibility index (Phi) is 4.46. The van der Waals surface area contributed by atoms with Crippen LogP contribution >= 0.6 is 11.3 Å². The Hall–Kier alpha value is -2.67. The zero-order valence-corrected chi connectivity index (χ0v) is 15.0. The lowest BCUT2D eigenvalue weighted by atomic mass is 10.2. The van der Waals surface area contributed by atoms with Crippen LogP contribution in [-0.4, -0.2) is 26.6 Å². The van der Waals surface area contributed by atoms with E-state index in [2.05, 4.69) is 5.10 Å². The van der Waals surface area contributed by atoms with Crippen molar-refractivity contribution in [2.24, 2.45) is 0 Å². The summed E-state index contributed by atoms with van der Waals surface area (Å²) < 4.78 is 1.25. The van der Waals surface area contributed by atoms with Gasteiger partial charge in [0.05, 0.1) is 23.9 Å². The minimum Gasteiger partial charge on any atom is -0.335 e. The van der Waals surface area contributed by atoms with Gasteiger partial charge in [-0.15, -0.1) is 11.3 Å². The predicted molar refractivity (Wildman–Crippen MR) is 101 cm³/mol. The van der Waals surface area contributed by atoms with Crippen LogP contribution in [0.4, 0.5) is 0 Å². The summed E-state index contributed by atoms with van der Waals surface area (Å²) in [6, 6.07) is 11.0. The van der Waals surface area contributed by atoms with Gasteiger partial charge < -0.3 is 4.90 Å². The Bertz CT molecular complexity index is 1050. The molecule has 134 valence electrons. The lowest BCUT2D eigenvalue weighted by molar-refractivity contribution is -0.132. The van der Waals surface area contributed by atoms with Crippen LogP contribution in [-0.2, 0) is 17.9 Å². The molecule has 2 heterocycles. The number of aryl methyl sites for hydroxylation is 1. The number of carbonyl (C=O) groups is 1. The highest BCUT2D eigenvalue weighted by Crippen LogP contribution is 2.29. The van der Waals surface area contributed by atoms with Crippen molar-refractivity contribution < 1.29 is 4.79 Å². The molecule has 0 saturated heterocycles. The van der Waals surface area contributed by atoms with Crippen molar-refractivity contribution in [1.29, 1.82) is 0 Å². The van der Waals surface area contributed by atoms with Crippen LogP contribution in [0.15, 0.2) is 51.4 Å². The first-order chi connectivity index (χ1) is 12.6. The fraction of sp³-hybridized carbons (Fsp3) is 0.316. The number of fused-ring (bicyclic) bond motifs is 1. The molecular formula is C19H19N3O3S. The summed E-state index contributed by atoms with van der Waals surface area (Å²) in [5, 5.41) is 5.34. The van der Waals surface area contributed by atoms with Crippen molar-refractivity contribution in [3.8, 4) is 0 Å². The largest absolute Gasteiger partial charge is 0.335 e. The molecule has 7 heteroatoms. The maximum atomic E-state index is 12.7. The van der Waals surface area contributed by atoms with Gasteiger partial charge in [0, 0.05) is 17.3 Å². The molecule has 0 spiro atoms. The fourth-order valence-electron chi connectivity index (χ4n) is 3.13. The number of nitrogens with zero attached hydrogens (tertiary/aromatic N) is 2. The number of amides is 1. The van der Waals surface area contributed by atoms with E-state index in [4.69, 9.17) is 0 Å². The van der Waals surface area contributed by atoms with Gasteiger partial charge in [-0.3, -0.25) is 19.5 Å². The van der Waals surface area contributed by atoms with Crippen LogP contribution in [0.3, 0.4) is 0 Å². The molecular weight excluding hydrogens is 350 g/mol. The van der Waals surface area contributed by atoms with Crippen LogP contribution < -0.4 is 11.1 Å². The molecule has 0 atom stereocenters. The first kappa shape index (κ1) is 16.8. The second kappa shape index (κ2) is 6.92. The van der Waals surface area contributed by atoms with E-state index >= 15 is 0 Å². The number of carbonyl (C=O) groups excluding carboxylic acids is 1. The lowest BCUT2D eigenvalue weighted by Crippen LogP contribution is -2.35. The minimum atomic E-state index is -0.315. The molecule has 1 aliphatic carbocycles. The summed E-state index contributed by atoms with van der Waals surface area (Å²) in [5.74, 6) is 0.0156. The van der Waals surface area contributed by atoms with Crippen molar-refractivity contribution in [1.82, 2.24) is 14.7 Å². The maximum Gasteiger partial charge on any atom is 0.273 e. The van der Waals surface area contributed by atoms with Crippen LogP contribution in [0, 0.1) is 0 Å². The van der Waals surface area contributed by atoms with E-state index in [-0.39, 0.29) is 30.0 Å². The molecule has 2 aromatic heterocycles. The van der Waals surface area contributed by atoms with E-state index in [1.54, 1.807) is 35.6 Å². The van der Waals surface area contributed by atoms with Gasteiger partial charge in [0.2, 0.25) is 5.91 Å². The zero-order valence-electron chi connectivity index (χ0n) is 14.2. The quantitative estimate of drug-likeness (QED) is 0.725. The Labute approximate surface area is 153 Å². The summed E-state index contributed by atoms with van der Waals surface area (Å²) in [4.78, 5) is 40.4. The zero-order chi connectivity index (χ0) is 18.1. The molecule has 6 nitrogen and oxygen atoms in total. The normalized spacial score (nSPS) is 13.8. The molecule has 1 saturated carbocycles. The minimum absolute atomic E-state index is 0.0156. The predicted octanol–water partition coefficient (Wildman–Crippen LogP) is 2.33. The topological polar surface area (TPSA) is 75.2 Å². The summed E-state index contributed by atoms with van der Waals surface area (Å²) >= 11 is 1.64. The second-order valence-electron chi connectivity index (χ2n) is 6.53. The molecule has 0 aliphatic heterocycles. The Morgan fingerprint density at radius 2 is 1.92 bits per heavy atom. The standard InChI is InChI=1S/C19H19N3O3S/c23-17(21(13-7-8-13)12-14-4-3-11-26-14)9-10-22-19(25)16-6-2-1-5-15(16)18(24)20-22/h1-6,11,13H,7-10,12H2,(H,20,24). The summed E-state index contributed by atoms with van der Waals surface area (Å²) in [5.41, 5.74) is -0.588. The number of aromatic nitrogens is 2. The van der Waals surface area contributed by atoms with E-state index in [9.17, 15) is 14.4 Å². The first-order valence-electron chi connectivity index (χ1n) is 8.67. The molecule has 0 bridgehead atoms. The van der Waals surface area contributed by atoms with Crippen molar-refractivity contribution in [3.05, 3.63) is 67.4 Å². The molecule has 0 radical (unpaired) electrons. The molecule has 1 amide bonds. The van der Waals surface area contributed by atoms with Crippen LogP contribution in [0.25, 0.3) is 10.8 Å². The first-order valence-corrected chi connectivity index (χ1v) is 9.55. The highest BCUT2D eigenvalue weighted by atomic mass is 32.1. The average molecular weight is 369 g/mol. The number of hydrogen-bond donors (Lipinski definition) is 1. The van der Waals surface area contributed by atoms with Gasteiger partial charge in [0.1, 0.15) is 0 Å². The number of rotatable bonds is 6. The van der Waals surface area contributed by atoms with Gasteiger partial charge in [-0.25, -0.2) is 4.68 Å². The van der Waals surface area contributed by atoms with Crippen molar-refractivity contribution >= 4 is 28.0 Å². The third kappa shape index (κ3) is 3.35. The Balaban J connectivity index is 1.52. The lowest BCUT2D eigenvalue weighted by Gasteiger charge is -2.22. The third-order valence-electron chi connectivity index (χ3n) is 4.65. The summed E-state index contributed by atoms with van der Waals surface area (Å²) in [7, 11) is 0. The van der Waals surface area contributed by atoms with Gasteiger partial charge >= 0.3 is 0 Å². The molecule has 1 fully saturated rings. The van der Waals surface area contributed by atoms with E-state index in [0.29, 0.717) is 23.4 Å². The van der Waals surface area contributed by atoms with Crippen LogP contribution in [0.5, 0.6) is 0 Å². The molecule has 0 unspecified atom stereocenters. The maximum absolute atomic E-state index is 12.7. The Morgan fingerprint density at radius 3 is 2.62 bits per heavy atom. The van der Waals surface area contributed by atoms with Crippen LogP contribution in [0.2, 0.25) is 0 Å². The second-order valence-corrected chi connectivity index (χ2v) is 7.56. The van der Waals surface area contributed by atoms with E-state index in [1.807, 2.05) is 22.4 Å². The highest BCUT2D eigenvalue weighted by molar-refractivity contribution is 7.09. The van der Waals surface area contributed by atoms with Crippen LogP contribution in [0.1, 0.15) is 24.1 Å². The number of aromatic amines is 1. The van der Waals surface area contributed by atoms with Gasteiger partial charge in [-0.2, -0.15) is 0 Å². The van der Waals surface area contributed by atoms with E-state index < -0.39 is 0 Å². The van der Waals surface area contributed by atoms with E-state index in [0.717, 1.165) is 17.7 Å². The Morgan fingerprint density at radius 1 is 1.15 bits per heavy atom. The van der Waals surface area contributed by atoms with E-state index in [1.165, 1.54) is 4.68 Å². The van der Waals surface area contributed by atoms with Gasteiger partial charge in [-0.05, 0) is 36.4 Å². The summed E-state index contributed by atoms with van der Waals surface area (Å²) in [6.45, 7) is 0.787. The van der Waals surface area contributed by atoms with Gasteiger partial charge in [0.15, 0.2) is 0 Å². The van der Waals surface area contributed by atoms with Gasteiger partial charge in [0.25, 0.3) is 11.1 Å². The summed E-state index contributed by atoms with van der Waals surface area (Å²) in [6.07, 6.45) is 2.25. The van der Waals surface area contributed by atoms with Gasteiger partial charge in [-0.1, -0.05) is 18.2 Å². The number of hydrogen-bond acceptors (Lipinski definition) is 4. The fourth-order valence-corrected chi connectivity index (χ4v) is 3.84. The smallest absolute Gasteiger partial charge is 0.273 e. The number of benzene rings is 1. The number of H-pyrrole nitrogens is 1. The van der Waals surface area contributed by atoms with Crippen molar-refractivity contribution in [2.75, 3.05) is 0 Å². The molecule has 3 aromatic rings. The average Bonchev–Trinajstić information content (AvgIpc) is 3.37. The molecule has 4 rings (SSSR count). The molecule has 1 N–H and O–H groups in total. The van der Waals surface area contributed by atoms with Crippen molar-refractivity contribution in [3.63, 3.8) is 0 Å².